The van der Waals surface area contributed by atoms with Crippen molar-refractivity contribution in [3.8, 4) is 11.4 Å². The van der Waals surface area contributed by atoms with Gasteiger partial charge < -0.3 is 15.0 Å². The first-order chi connectivity index (χ1) is 12.7. The molecule has 1 aliphatic rings. The third kappa shape index (κ3) is 4.64. The van der Waals surface area contributed by atoms with E-state index in [4.69, 9.17) is 4.74 Å². The molecule has 0 bridgehead atoms. The zero-order valence-corrected chi connectivity index (χ0v) is 15.6. The predicted octanol–water partition coefficient (Wildman–Crippen LogP) is 2.73. The van der Waals surface area contributed by atoms with Crippen molar-refractivity contribution in [1.29, 1.82) is 0 Å². The van der Waals surface area contributed by atoms with Crippen LogP contribution >= 0.6 is 0 Å². The molecule has 1 atom stereocenters. The van der Waals surface area contributed by atoms with Crippen molar-refractivity contribution in [3.05, 3.63) is 42.2 Å². The molecular weight excluding hydrogens is 328 g/mol. The molecule has 6 heteroatoms. The number of carbonyl (C=O) groups is 1. The standard InChI is InChI=1S/C20H28N4O2/c1-16-8-6-12-23(14-16)13-7-11-21-20(25)19-18(26-2)15-24(22-19)17-9-4-3-5-10-17/h3-5,9-10,15-16H,6-8,11-14H2,1-2H3,(H,21,25). The number of piperidine rings is 1. The minimum absolute atomic E-state index is 0.191. The number of benzene rings is 1. The summed E-state index contributed by atoms with van der Waals surface area (Å²) in [7, 11) is 1.56. The molecule has 3 rings (SSSR count). The molecule has 1 saturated heterocycles. The number of methoxy groups -OCH3 is 1. The zero-order chi connectivity index (χ0) is 18.4. The number of nitrogens with zero attached hydrogens (tertiary/aromatic N) is 3. The highest BCUT2D eigenvalue weighted by molar-refractivity contribution is 5.94. The van der Waals surface area contributed by atoms with Crippen molar-refractivity contribution in [2.24, 2.45) is 5.92 Å². The van der Waals surface area contributed by atoms with Crippen LogP contribution in [0.1, 0.15) is 36.7 Å². The highest BCUT2D eigenvalue weighted by atomic mass is 16.5. The van der Waals surface area contributed by atoms with Gasteiger partial charge in [0.1, 0.15) is 0 Å². The van der Waals surface area contributed by atoms with Gasteiger partial charge in [-0.2, -0.15) is 5.10 Å². The first kappa shape index (κ1) is 18.5. The van der Waals surface area contributed by atoms with Crippen LogP contribution in [0.5, 0.6) is 5.75 Å². The first-order valence-corrected chi connectivity index (χ1v) is 9.37. The molecule has 1 N–H and O–H groups in total. The van der Waals surface area contributed by atoms with E-state index in [-0.39, 0.29) is 5.91 Å². The maximum Gasteiger partial charge on any atom is 0.275 e. The quantitative estimate of drug-likeness (QED) is 0.775. The van der Waals surface area contributed by atoms with Crippen LogP contribution in [0.3, 0.4) is 0 Å². The van der Waals surface area contributed by atoms with Gasteiger partial charge in [0, 0.05) is 13.1 Å². The smallest absolute Gasteiger partial charge is 0.275 e. The summed E-state index contributed by atoms with van der Waals surface area (Å²) in [6, 6.07) is 9.69. The zero-order valence-electron chi connectivity index (χ0n) is 15.6. The predicted molar refractivity (Wildman–Crippen MR) is 102 cm³/mol. The van der Waals surface area contributed by atoms with E-state index >= 15 is 0 Å². The summed E-state index contributed by atoms with van der Waals surface area (Å²) in [5.41, 5.74) is 1.21. The van der Waals surface area contributed by atoms with Gasteiger partial charge in [-0.05, 0) is 50.4 Å². The molecule has 26 heavy (non-hydrogen) atoms. The Labute approximate surface area is 155 Å². The topological polar surface area (TPSA) is 59.4 Å². The average Bonchev–Trinajstić information content (AvgIpc) is 3.10. The van der Waals surface area contributed by atoms with Crippen LogP contribution in [-0.2, 0) is 0 Å². The molecule has 1 aromatic carbocycles. The Kier molecular flexibility index (Phi) is 6.28. The maximum atomic E-state index is 12.5. The van der Waals surface area contributed by atoms with Gasteiger partial charge in [0.15, 0.2) is 11.4 Å². The second kappa shape index (κ2) is 8.85. The number of hydrogen-bond donors (Lipinski definition) is 1. The number of aromatic nitrogens is 2. The SMILES string of the molecule is COc1cn(-c2ccccc2)nc1C(=O)NCCCN1CCCC(C)C1. The second-order valence-electron chi connectivity index (χ2n) is 6.98. The average molecular weight is 356 g/mol. The Balaban J connectivity index is 1.53. The van der Waals surface area contributed by atoms with E-state index in [1.54, 1.807) is 18.0 Å². The van der Waals surface area contributed by atoms with Crippen LogP contribution < -0.4 is 10.1 Å². The van der Waals surface area contributed by atoms with E-state index in [1.807, 2.05) is 30.3 Å². The van der Waals surface area contributed by atoms with Crippen LogP contribution in [0.15, 0.2) is 36.5 Å². The summed E-state index contributed by atoms with van der Waals surface area (Å²) in [5, 5.41) is 7.37. The van der Waals surface area contributed by atoms with Gasteiger partial charge in [0.25, 0.3) is 5.91 Å². The summed E-state index contributed by atoms with van der Waals surface area (Å²) in [6.07, 6.45) is 5.29. The highest BCUT2D eigenvalue weighted by Gasteiger charge is 2.19. The minimum atomic E-state index is -0.191. The van der Waals surface area contributed by atoms with E-state index in [0.717, 1.165) is 24.6 Å². The molecule has 1 aromatic heterocycles. The highest BCUT2D eigenvalue weighted by Crippen LogP contribution is 2.19. The van der Waals surface area contributed by atoms with Gasteiger partial charge in [0.2, 0.25) is 0 Å². The van der Waals surface area contributed by atoms with Crippen molar-refractivity contribution in [2.45, 2.75) is 26.2 Å². The lowest BCUT2D eigenvalue weighted by Gasteiger charge is -2.30. The lowest BCUT2D eigenvalue weighted by Crippen LogP contribution is -2.36. The Morgan fingerprint density at radius 3 is 2.88 bits per heavy atom. The molecule has 2 aromatic rings. The van der Waals surface area contributed by atoms with Gasteiger partial charge in [-0.25, -0.2) is 4.68 Å². The molecule has 140 valence electrons. The fourth-order valence-corrected chi connectivity index (χ4v) is 3.46. The third-order valence-corrected chi connectivity index (χ3v) is 4.81. The minimum Gasteiger partial charge on any atom is -0.493 e. The monoisotopic (exact) mass is 356 g/mol. The summed E-state index contributed by atoms with van der Waals surface area (Å²) in [6.45, 7) is 6.32. The summed E-state index contributed by atoms with van der Waals surface area (Å²) < 4.78 is 7.00. The maximum absolute atomic E-state index is 12.5. The number of para-hydroxylation sites is 1. The number of ether oxygens (including phenoxy) is 1. The van der Waals surface area contributed by atoms with Crippen LogP contribution in [0, 0.1) is 5.92 Å². The molecule has 0 radical (unpaired) electrons. The van der Waals surface area contributed by atoms with Gasteiger partial charge in [-0.1, -0.05) is 25.1 Å². The van der Waals surface area contributed by atoms with Crippen molar-refractivity contribution in [1.82, 2.24) is 20.0 Å². The van der Waals surface area contributed by atoms with Gasteiger partial charge in [0.05, 0.1) is 19.0 Å². The van der Waals surface area contributed by atoms with E-state index in [1.165, 1.54) is 25.9 Å². The lowest BCUT2D eigenvalue weighted by molar-refractivity contribution is 0.0941. The second-order valence-corrected chi connectivity index (χ2v) is 6.98. The molecular formula is C20H28N4O2. The molecule has 1 aliphatic heterocycles. The number of nitrogens with one attached hydrogen (secondary N) is 1. The molecule has 1 fully saturated rings. The van der Waals surface area contributed by atoms with E-state index < -0.39 is 0 Å². The van der Waals surface area contributed by atoms with E-state index in [2.05, 4.69) is 22.2 Å². The molecule has 0 aliphatic carbocycles. The number of amides is 1. The summed E-state index contributed by atoms with van der Waals surface area (Å²) >= 11 is 0. The van der Waals surface area contributed by atoms with Crippen molar-refractivity contribution < 1.29 is 9.53 Å². The molecule has 1 unspecified atom stereocenters. The number of carbonyl (C=O) groups excluding carboxylic acids is 1. The van der Waals surface area contributed by atoms with E-state index in [9.17, 15) is 4.79 Å². The molecule has 1 amide bonds. The van der Waals surface area contributed by atoms with Gasteiger partial charge in [-0.3, -0.25) is 4.79 Å². The largest absolute Gasteiger partial charge is 0.493 e. The van der Waals surface area contributed by atoms with E-state index in [0.29, 0.717) is 18.0 Å². The third-order valence-electron chi connectivity index (χ3n) is 4.81. The van der Waals surface area contributed by atoms with Crippen molar-refractivity contribution in [2.75, 3.05) is 33.3 Å². The molecule has 0 saturated carbocycles. The fourth-order valence-electron chi connectivity index (χ4n) is 3.46. The van der Waals surface area contributed by atoms with Gasteiger partial charge >= 0.3 is 0 Å². The Bertz CT molecular complexity index is 714. The number of likely N-dealkylation sites (tertiary alicyclic amines) is 1. The molecule has 0 spiro atoms. The lowest BCUT2D eigenvalue weighted by atomic mass is 10.0. The van der Waals surface area contributed by atoms with Crippen molar-refractivity contribution in [3.63, 3.8) is 0 Å². The van der Waals surface area contributed by atoms with Crippen LogP contribution in [0.2, 0.25) is 0 Å². The molecule has 2 heterocycles. The Morgan fingerprint density at radius 1 is 1.35 bits per heavy atom. The van der Waals surface area contributed by atoms with Crippen LogP contribution in [0.25, 0.3) is 5.69 Å². The van der Waals surface area contributed by atoms with Gasteiger partial charge in [-0.15, -0.1) is 0 Å². The number of hydrogen-bond acceptors (Lipinski definition) is 4. The van der Waals surface area contributed by atoms with Crippen molar-refractivity contribution >= 4 is 5.91 Å². The Morgan fingerprint density at radius 2 is 2.15 bits per heavy atom. The number of rotatable bonds is 7. The van der Waals surface area contributed by atoms with Crippen LogP contribution in [0.4, 0.5) is 0 Å². The molecule has 6 nitrogen and oxygen atoms in total. The Hall–Kier alpha value is -2.34. The normalized spacial score (nSPS) is 17.8. The summed E-state index contributed by atoms with van der Waals surface area (Å²) in [5.74, 6) is 1.07. The fraction of sp³-hybridized carbons (Fsp3) is 0.500. The van der Waals surface area contributed by atoms with Crippen LogP contribution in [-0.4, -0.2) is 53.9 Å². The summed E-state index contributed by atoms with van der Waals surface area (Å²) in [4.78, 5) is 15.0. The first-order valence-electron chi connectivity index (χ1n) is 9.37.